The molecule has 8 aromatic rings. The zero-order chi connectivity index (χ0) is 40.9. The number of nitrogens with zero attached hydrogens (tertiary/aromatic N) is 4. The minimum Gasteiger partial charge on any atom is -0.323 e. The molecule has 0 saturated carbocycles. The van der Waals surface area contributed by atoms with E-state index in [4.69, 9.17) is 46.4 Å². The third-order valence-corrected chi connectivity index (χ3v) is 10.9. The number of para-hydroxylation sites is 2. The number of carbonyl (C=O) groups is 2. The van der Waals surface area contributed by atoms with Gasteiger partial charge in [0.05, 0.1) is 70.0 Å². The molecule has 296 valence electrons. The molecule has 4 N–H and O–H groups in total. The smallest absolute Gasteiger partial charge is 0.258 e. The van der Waals surface area contributed by atoms with Gasteiger partial charge in [-0.15, -0.1) is 0 Å². The van der Waals surface area contributed by atoms with E-state index in [1.54, 1.807) is 71.6 Å². The fraction of sp³-hybridized carbons (Fsp3) is 0.143. The van der Waals surface area contributed by atoms with Gasteiger partial charge < -0.3 is 29.7 Å². The molecule has 0 aliphatic rings. The molecule has 58 heavy (non-hydrogen) atoms. The first-order chi connectivity index (χ1) is 27.2. The Hall–Kier alpha value is -5.92. The van der Waals surface area contributed by atoms with Crippen LogP contribution in [0.2, 0.25) is 20.1 Å². The van der Waals surface area contributed by atoms with Crippen molar-refractivity contribution in [1.82, 2.24) is 29.1 Å². The summed E-state index contributed by atoms with van der Waals surface area (Å²) in [7, 11) is 3.62. The first-order valence-electron chi connectivity index (χ1n) is 17.3. The standard InChI is InChI=1S/C22H18Cl2N4O2.C19H14Cl2N4O2.CH4/c1-11(29)7-9-16-12(2)13-8-10-17-20(18(13)21(30)25-16)28(3)22(26-17)27-19-14(23)5-4-6-15(19)24;1-9-10-6-7-13-17(15(10)18(27)22-14(9)8-26)25(2)19(23-13)24-16-11(20)4-3-5-12(16)21;/h4-10H,1-3H3,(H,25,30)(H,26,27);3-8H,1-2H3,(H,22,27)(H,23,24);1H4/b9-7+;;. The van der Waals surface area contributed by atoms with E-state index in [2.05, 4.69) is 30.6 Å². The van der Waals surface area contributed by atoms with Gasteiger partial charge in [0.15, 0.2) is 12.1 Å². The number of hydrogen-bond donors (Lipinski definition) is 4. The Bertz CT molecular complexity index is 3090. The molecule has 0 saturated heterocycles. The summed E-state index contributed by atoms with van der Waals surface area (Å²) in [4.78, 5) is 62.8. The Morgan fingerprint density at radius 1 is 0.672 bits per heavy atom. The van der Waals surface area contributed by atoms with Crippen LogP contribution in [0.3, 0.4) is 0 Å². The van der Waals surface area contributed by atoms with Crippen LogP contribution in [-0.4, -0.2) is 41.1 Å². The number of benzene rings is 4. The zero-order valence-electron chi connectivity index (χ0n) is 30.9. The summed E-state index contributed by atoms with van der Waals surface area (Å²) in [5.41, 5.74) is 5.59. The van der Waals surface area contributed by atoms with Gasteiger partial charge in [-0.2, -0.15) is 0 Å². The van der Waals surface area contributed by atoms with Crippen LogP contribution in [0.15, 0.2) is 76.3 Å². The van der Waals surface area contributed by atoms with Crippen molar-refractivity contribution < 1.29 is 9.59 Å². The summed E-state index contributed by atoms with van der Waals surface area (Å²) in [6.45, 7) is 5.17. The van der Waals surface area contributed by atoms with Gasteiger partial charge in [-0.25, -0.2) is 9.97 Å². The van der Waals surface area contributed by atoms with Gasteiger partial charge in [0.25, 0.3) is 11.1 Å². The number of allylic oxidation sites excluding steroid dienone is 1. The van der Waals surface area contributed by atoms with Gasteiger partial charge in [0, 0.05) is 19.8 Å². The van der Waals surface area contributed by atoms with Crippen LogP contribution in [-0.2, 0) is 18.9 Å². The molecule has 4 heterocycles. The average molecular weight is 859 g/mol. The normalized spacial score (nSPS) is 11.3. The van der Waals surface area contributed by atoms with E-state index in [1.165, 1.54) is 13.0 Å². The van der Waals surface area contributed by atoms with Crippen molar-refractivity contribution in [3.8, 4) is 0 Å². The van der Waals surface area contributed by atoms with E-state index in [0.717, 1.165) is 10.9 Å². The van der Waals surface area contributed by atoms with Gasteiger partial charge in [0.1, 0.15) is 0 Å². The number of aromatic nitrogens is 6. The molecule has 4 aromatic heterocycles. The fourth-order valence-electron chi connectivity index (χ4n) is 6.71. The SMILES string of the molecule is C.CC(=O)/C=C/c1[nH]c(=O)c2c(ccc3nc(Nc4c(Cl)cccc4Cl)n(C)c32)c1C.Cc1c(C=O)[nH]c(=O)c2c1ccc1nc(Nc3c(Cl)cccc3Cl)n(C)c12. The fourth-order valence-corrected chi connectivity index (χ4v) is 7.69. The minimum absolute atomic E-state index is 0. The molecular formula is C42H36Cl4N8O4. The number of halogens is 4. The number of aryl methyl sites for hydroxylation is 4. The van der Waals surface area contributed by atoms with Gasteiger partial charge >= 0.3 is 0 Å². The first-order valence-corrected chi connectivity index (χ1v) is 18.8. The van der Waals surface area contributed by atoms with E-state index in [0.29, 0.717) is 99.1 Å². The first kappa shape index (κ1) is 41.7. The molecule has 0 aliphatic heterocycles. The van der Waals surface area contributed by atoms with Crippen LogP contribution in [0.4, 0.5) is 23.3 Å². The molecule has 16 heteroatoms. The van der Waals surface area contributed by atoms with Crippen molar-refractivity contribution in [1.29, 1.82) is 0 Å². The zero-order valence-corrected chi connectivity index (χ0v) is 34.0. The molecule has 0 fully saturated rings. The Morgan fingerprint density at radius 3 is 1.47 bits per heavy atom. The summed E-state index contributed by atoms with van der Waals surface area (Å²) in [5, 5.41) is 10.7. The van der Waals surface area contributed by atoms with Gasteiger partial charge in [-0.3, -0.25) is 19.2 Å². The van der Waals surface area contributed by atoms with E-state index in [-0.39, 0.29) is 30.0 Å². The lowest BCUT2D eigenvalue weighted by Gasteiger charge is -2.11. The predicted molar refractivity (Wildman–Crippen MR) is 238 cm³/mol. The number of ketones is 1. The van der Waals surface area contributed by atoms with Gasteiger partial charge in [0.2, 0.25) is 11.9 Å². The maximum absolute atomic E-state index is 13.0. The molecular weight excluding hydrogens is 822 g/mol. The highest BCUT2D eigenvalue weighted by atomic mass is 35.5. The number of imidazole rings is 2. The largest absolute Gasteiger partial charge is 0.323 e. The van der Waals surface area contributed by atoms with Crippen LogP contribution in [0.1, 0.15) is 41.7 Å². The summed E-state index contributed by atoms with van der Waals surface area (Å²) in [6, 6.07) is 17.8. The number of aromatic amines is 2. The number of hydrogen-bond acceptors (Lipinski definition) is 8. The topological polar surface area (TPSA) is 160 Å². The summed E-state index contributed by atoms with van der Waals surface area (Å²) >= 11 is 25.0. The number of H-pyrrole nitrogens is 2. The van der Waals surface area contributed by atoms with Crippen molar-refractivity contribution in [3.63, 3.8) is 0 Å². The number of rotatable bonds is 7. The maximum atomic E-state index is 13.0. The number of nitrogens with one attached hydrogen (secondary N) is 4. The highest BCUT2D eigenvalue weighted by molar-refractivity contribution is 6.40. The summed E-state index contributed by atoms with van der Waals surface area (Å²) < 4.78 is 3.57. The monoisotopic (exact) mass is 856 g/mol. The van der Waals surface area contributed by atoms with E-state index >= 15 is 0 Å². The van der Waals surface area contributed by atoms with Gasteiger partial charge in [-0.1, -0.05) is 78.1 Å². The molecule has 0 amide bonds. The van der Waals surface area contributed by atoms with Crippen LogP contribution in [0, 0.1) is 13.8 Å². The number of fused-ring (bicyclic) bond motifs is 6. The lowest BCUT2D eigenvalue weighted by Crippen LogP contribution is -2.12. The minimum atomic E-state index is -0.339. The second-order valence-corrected chi connectivity index (χ2v) is 14.8. The van der Waals surface area contributed by atoms with Crippen molar-refractivity contribution in [2.75, 3.05) is 10.6 Å². The van der Waals surface area contributed by atoms with Crippen molar-refractivity contribution >= 4 is 131 Å². The number of pyridine rings is 2. The molecule has 0 radical (unpaired) electrons. The number of carbonyl (C=O) groups excluding carboxylic acids is 2. The average Bonchev–Trinajstić information content (AvgIpc) is 3.67. The highest BCUT2D eigenvalue weighted by Crippen LogP contribution is 2.36. The van der Waals surface area contributed by atoms with Crippen LogP contribution in [0.5, 0.6) is 0 Å². The quantitative estimate of drug-likeness (QED) is 0.0910. The third kappa shape index (κ3) is 7.47. The Morgan fingerprint density at radius 2 is 1.07 bits per heavy atom. The molecule has 0 bridgehead atoms. The van der Waals surface area contributed by atoms with Crippen molar-refractivity contribution in [2.24, 2.45) is 14.1 Å². The number of anilines is 4. The highest BCUT2D eigenvalue weighted by Gasteiger charge is 2.19. The van der Waals surface area contributed by atoms with Crippen LogP contribution in [0.25, 0.3) is 49.7 Å². The molecule has 0 unspecified atom stereocenters. The van der Waals surface area contributed by atoms with Crippen molar-refractivity contribution in [2.45, 2.75) is 28.2 Å². The second-order valence-electron chi connectivity index (χ2n) is 13.2. The lowest BCUT2D eigenvalue weighted by molar-refractivity contribution is -0.112. The maximum Gasteiger partial charge on any atom is 0.258 e. The predicted octanol–water partition coefficient (Wildman–Crippen LogP) is 10.6. The summed E-state index contributed by atoms with van der Waals surface area (Å²) in [5.74, 6) is 0.903. The Labute approximate surface area is 351 Å². The molecule has 0 aliphatic carbocycles. The van der Waals surface area contributed by atoms with Crippen LogP contribution < -0.4 is 21.8 Å². The second kappa shape index (κ2) is 16.5. The third-order valence-electron chi connectivity index (χ3n) is 9.64. The molecule has 0 atom stereocenters. The van der Waals surface area contributed by atoms with E-state index < -0.39 is 0 Å². The Kier molecular flexibility index (Phi) is 11.9. The van der Waals surface area contributed by atoms with Gasteiger partial charge in [-0.05, 0) is 91.2 Å². The molecule has 4 aromatic carbocycles. The Balaban J connectivity index is 0.000000193. The molecule has 12 nitrogen and oxygen atoms in total. The van der Waals surface area contributed by atoms with E-state index in [9.17, 15) is 19.2 Å². The lowest BCUT2D eigenvalue weighted by atomic mass is 10.0. The molecule has 8 rings (SSSR count). The number of aldehydes is 1. The van der Waals surface area contributed by atoms with Crippen LogP contribution >= 0.6 is 46.4 Å². The van der Waals surface area contributed by atoms with Crippen molar-refractivity contribution in [3.05, 3.63) is 130 Å². The molecule has 0 spiro atoms. The van der Waals surface area contributed by atoms with E-state index in [1.807, 2.05) is 32.2 Å². The summed E-state index contributed by atoms with van der Waals surface area (Å²) in [6.07, 6.45) is 3.70.